The van der Waals surface area contributed by atoms with Crippen LogP contribution in [0.15, 0.2) is 18.2 Å². The SMILES string of the molecule is COc1ccc(CN(C)C(=O)[C@@H](C)N2CC[C@H](C(N)=O)C2)cc1OC. The maximum absolute atomic E-state index is 12.7. The van der Waals surface area contributed by atoms with Crippen molar-refractivity contribution >= 4 is 11.8 Å². The molecule has 1 fully saturated rings. The molecule has 2 atom stereocenters. The van der Waals surface area contributed by atoms with Gasteiger partial charge in [0.2, 0.25) is 11.8 Å². The Labute approximate surface area is 148 Å². The molecule has 1 aliphatic heterocycles. The van der Waals surface area contributed by atoms with Crippen LogP contribution in [-0.4, -0.2) is 62.0 Å². The summed E-state index contributed by atoms with van der Waals surface area (Å²) in [5.41, 5.74) is 6.32. The molecule has 138 valence electrons. The smallest absolute Gasteiger partial charge is 0.239 e. The van der Waals surface area contributed by atoms with Crippen LogP contribution in [0.3, 0.4) is 0 Å². The van der Waals surface area contributed by atoms with E-state index in [2.05, 4.69) is 0 Å². The van der Waals surface area contributed by atoms with Crippen molar-refractivity contribution in [2.45, 2.75) is 25.9 Å². The van der Waals surface area contributed by atoms with Crippen LogP contribution in [0.4, 0.5) is 0 Å². The van der Waals surface area contributed by atoms with Crippen molar-refractivity contribution in [1.82, 2.24) is 9.80 Å². The minimum atomic E-state index is -0.291. The zero-order valence-electron chi connectivity index (χ0n) is 15.3. The van der Waals surface area contributed by atoms with E-state index >= 15 is 0 Å². The molecular weight excluding hydrogens is 322 g/mol. The number of hydrogen-bond acceptors (Lipinski definition) is 5. The van der Waals surface area contributed by atoms with Crippen LogP contribution in [0.2, 0.25) is 0 Å². The van der Waals surface area contributed by atoms with Crippen LogP contribution >= 0.6 is 0 Å². The fourth-order valence-corrected chi connectivity index (χ4v) is 3.18. The van der Waals surface area contributed by atoms with Crippen LogP contribution in [-0.2, 0) is 16.1 Å². The van der Waals surface area contributed by atoms with Crippen LogP contribution in [0.25, 0.3) is 0 Å². The predicted molar refractivity (Wildman–Crippen MR) is 94.4 cm³/mol. The molecule has 7 nitrogen and oxygen atoms in total. The van der Waals surface area contributed by atoms with E-state index in [0.717, 1.165) is 5.56 Å². The third kappa shape index (κ3) is 4.42. The summed E-state index contributed by atoms with van der Waals surface area (Å²) in [5, 5.41) is 0. The molecule has 0 aromatic heterocycles. The molecule has 1 saturated heterocycles. The lowest BCUT2D eigenvalue weighted by molar-refractivity contribution is -0.135. The lowest BCUT2D eigenvalue weighted by Gasteiger charge is -2.28. The molecule has 25 heavy (non-hydrogen) atoms. The Balaban J connectivity index is 1.99. The van der Waals surface area contributed by atoms with E-state index in [-0.39, 0.29) is 23.8 Å². The molecule has 2 amide bonds. The molecule has 0 radical (unpaired) electrons. The molecule has 7 heteroatoms. The third-order valence-electron chi connectivity index (χ3n) is 4.77. The maximum Gasteiger partial charge on any atom is 0.239 e. The van der Waals surface area contributed by atoms with E-state index in [0.29, 0.717) is 37.6 Å². The molecule has 1 aromatic rings. The molecule has 1 aliphatic rings. The summed E-state index contributed by atoms with van der Waals surface area (Å²) in [6.45, 7) is 3.60. The Hall–Kier alpha value is -2.28. The number of ether oxygens (including phenoxy) is 2. The number of likely N-dealkylation sites (N-methyl/N-ethyl adjacent to an activating group) is 1. The molecule has 0 saturated carbocycles. The highest BCUT2D eigenvalue weighted by Gasteiger charge is 2.33. The van der Waals surface area contributed by atoms with Gasteiger partial charge in [-0.15, -0.1) is 0 Å². The highest BCUT2D eigenvalue weighted by Crippen LogP contribution is 2.28. The molecule has 2 N–H and O–H groups in total. The van der Waals surface area contributed by atoms with Gasteiger partial charge in [0.1, 0.15) is 0 Å². The van der Waals surface area contributed by atoms with Crippen molar-refractivity contribution in [2.75, 3.05) is 34.4 Å². The summed E-state index contributed by atoms with van der Waals surface area (Å²) in [7, 11) is 4.95. The zero-order valence-corrected chi connectivity index (χ0v) is 15.3. The van der Waals surface area contributed by atoms with Gasteiger partial charge in [0.15, 0.2) is 11.5 Å². The molecule has 0 bridgehead atoms. The highest BCUT2D eigenvalue weighted by atomic mass is 16.5. The predicted octanol–water partition coefficient (Wildman–Crippen LogP) is 0.858. The molecule has 1 aromatic carbocycles. The Kier molecular flexibility index (Phi) is 6.25. The molecule has 2 rings (SSSR count). The van der Waals surface area contributed by atoms with Gasteiger partial charge >= 0.3 is 0 Å². The number of benzene rings is 1. The highest BCUT2D eigenvalue weighted by molar-refractivity contribution is 5.82. The van der Waals surface area contributed by atoms with E-state index in [9.17, 15) is 9.59 Å². The Bertz CT molecular complexity index is 635. The molecular formula is C18H27N3O4. The lowest BCUT2D eigenvalue weighted by Crippen LogP contribution is -2.45. The van der Waals surface area contributed by atoms with Crippen molar-refractivity contribution in [3.8, 4) is 11.5 Å². The lowest BCUT2D eigenvalue weighted by atomic mass is 10.1. The maximum atomic E-state index is 12.7. The van der Waals surface area contributed by atoms with E-state index < -0.39 is 0 Å². The minimum Gasteiger partial charge on any atom is -0.493 e. The summed E-state index contributed by atoms with van der Waals surface area (Å²) in [6.07, 6.45) is 0.715. The number of rotatable bonds is 7. The first kappa shape index (κ1) is 19.1. The number of hydrogen-bond donors (Lipinski definition) is 1. The second kappa shape index (κ2) is 8.20. The standard InChI is InChI=1S/C18H27N3O4/c1-12(21-8-7-14(11-21)17(19)22)18(23)20(2)10-13-5-6-15(24-3)16(9-13)25-4/h5-6,9,12,14H,7-8,10-11H2,1-4H3,(H2,19,22)/t12-,14+/m1/s1. The average Bonchev–Trinajstić information content (AvgIpc) is 3.10. The third-order valence-corrected chi connectivity index (χ3v) is 4.77. The van der Waals surface area contributed by atoms with Crippen molar-refractivity contribution < 1.29 is 19.1 Å². The number of amides is 2. The van der Waals surface area contributed by atoms with Crippen molar-refractivity contribution in [3.05, 3.63) is 23.8 Å². The Morgan fingerprint density at radius 3 is 2.56 bits per heavy atom. The number of carbonyl (C=O) groups is 2. The van der Waals surface area contributed by atoms with E-state index in [1.54, 1.807) is 26.2 Å². The van der Waals surface area contributed by atoms with E-state index in [1.807, 2.05) is 30.0 Å². The number of primary amides is 1. The molecule has 0 spiro atoms. The molecule has 0 unspecified atom stereocenters. The molecule has 0 aliphatic carbocycles. The summed E-state index contributed by atoms with van der Waals surface area (Å²) in [6, 6.07) is 5.32. The van der Waals surface area contributed by atoms with Crippen LogP contribution < -0.4 is 15.2 Å². The van der Waals surface area contributed by atoms with Gasteiger partial charge in [-0.05, 0) is 37.6 Å². The van der Waals surface area contributed by atoms with Crippen molar-refractivity contribution in [1.29, 1.82) is 0 Å². The second-order valence-electron chi connectivity index (χ2n) is 6.44. The second-order valence-corrected chi connectivity index (χ2v) is 6.44. The van der Waals surface area contributed by atoms with Crippen LogP contribution in [0.5, 0.6) is 11.5 Å². The summed E-state index contributed by atoms with van der Waals surface area (Å²) >= 11 is 0. The number of nitrogens with two attached hydrogens (primary N) is 1. The number of likely N-dealkylation sites (tertiary alicyclic amines) is 1. The average molecular weight is 349 g/mol. The van der Waals surface area contributed by atoms with Gasteiger partial charge in [0, 0.05) is 20.1 Å². The van der Waals surface area contributed by atoms with Crippen LogP contribution in [0.1, 0.15) is 18.9 Å². The van der Waals surface area contributed by atoms with Crippen molar-refractivity contribution in [3.63, 3.8) is 0 Å². The zero-order chi connectivity index (χ0) is 18.6. The topological polar surface area (TPSA) is 85.1 Å². The van der Waals surface area contributed by atoms with Gasteiger partial charge in [-0.2, -0.15) is 0 Å². The molecule has 1 heterocycles. The fourth-order valence-electron chi connectivity index (χ4n) is 3.18. The first-order chi connectivity index (χ1) is 11.9. The number of carbonyl (C=O) groups excluding carboxylic acids is 2. The fraction of sp³-hybridized carbons (Fsp3) is 0.556. The van der Waals surface area contributed by atoms with Gasteiger partial charge in [0.05, 0.1) is 26.2 Å². The van der Waals surface area contributed by atoms with Gasteiger partial charge in [-0.1, -0.05) is 6.07 Å². The van der Waals surface area contributed by atoms with E-state index in [1.165, 1.54) is 0 Å². The van der Waals surface area contributed by atoms with Crippen molar-refractivity contribution in [2.24, 2.45) is 11.7 Å². The number of methoxy groups -OCH3 is 2. The minimum absolute atomic E-state index is 0.0138. The Morgan fingerprint density at radius 1 is 1.32 bits per heavy atom. The first-order valence-corrected chi connectivity index (χ1v) is 8.36. The Morgan fingerprint density at radius 2 is 2.00 bits per heavy atom. The van der Waals surface area contributed by atoms with Gasteiger partial charge in [0.25, 0.3) is 0 Å². The van der Waals surface area contributed by atoms with Gasteiger partial charge in [-0.3, -0.25) is 14.5 Å². The first-order valence-electron chi connectivity index (χ1n) is 8.36. The number of nitrogens with zero attached hydrogens (tertiary/aromatic N) is 2. The quantitative estimate of drug-likeness (QED) is 0.789. The largest absolute Gasteiger partial charge is 0.493 e. The monoisotopic (exact) mass is 349 g/mol. The van der Waals surface area contributed by atoms with E-state index in [4.69, 9.17) is 15.2 Å². The summed E-state index contributed by atoms with van der Waals surface area (Å²) in [4.78, 5) is 27.7. The summed E-state index contributed by atoms with van der Waals surface area (Å²) < 4.78 is 10.5. The van der Waals surface area contributed by atoms with Gasteiger partial charge in [-0.25, -0.2) is 0 Å². The van der Waals surface area contributed by atoms with Gasteiger partial charge < -0.3 is 20.1 Å². The normalized spacial score (nSPS) is 18.6. The van der Waals surface area contributed by atoms with Crippen LogP contribution in [0, 0.1) is 5.92 Å². The summed E-state index contributed by atoms with van der Waals surface area (Å²) in [5.74, 6) is 0.855.